The Labute approximate surface area is 413 Å². The monoisotopic (exact) mass is 934 g/mol. The highest BCUT2D eigenvalue weighted by Gasteiger charge is 2.20. The molecule has 2 unspecified atom stereocenters. The summed E-state index contributed by atoms with van der Waals surface area (Å²) >= 11 is 0. The molecule has 6 nitrogen and oxygen atoms in total. The number of carbonyl (C=O) groups excluding carboxylic acids is 2. The second-order valence-electron chi connectivity index (χ2n) is 21.1. The Bertz CT molecular complexity index is 944. The first-order valence-corrected chi connectivity index (χ1v) is 30.3. The van der Waals surface area contributed by atoms with Gasteiger partial charge in [0.05, 0.1) is 25.4 Å². The fraction of sp³-hybridized carbons (Fsp3) is 0.967. The molecule has 0 bridgehead atoms. The standard InChI is InChI=1S/C60H119NO5/c1-3-5-7-9-11-13-15-17-18-19-20-22-25-29-32-36-40-44-48-52-58(63)57(56-62)61-59(64)53-49-45-41-37-33-30-26-23-21-24-27-31-35-39-43-47-51-55-66-60(65)54-50-46-42-38-34-28-16-14-12-10-8-6-4-2/h57-58,62-63H,3-56H2,1-2H3,(H,61,64). The molecule has 0 aromatic rings. The van der Waals surface area contributed by atoms with Crippen molar-refractivity contribution in [3.8, 4) is 0 Å². The first kappa shape index (κ1) is 64.9. The molecule has 1 amide bonds. The number of ether oxygens (including phenoxy) is 1. The van der Waals surface area contributed by atoms with Crippen molar-refractivity contribution in [3.05, 3.63) is 0 Å². The van der Waals surface area contributed by atoms with Gasteiger partial charge in [0.15, 0.2) is 0 Å². The largest absolute Gasteiger partial charge is 0.466 e. The lowest BCUT2D eigenvalue weighted by molar-refractivity contribution is -0.143. The number of nitrogens with one attached hydrogen (secondary N) is 1. The Balaban J connectivity index is 3.40. The Morgan fingerprint density at radius 2 is 0.621 bits per heavy atom. The number of carbonyl (C=O) groups is 2. The zero-order valence-electron chi connectivity index (χ0n) is 45.0. The molecule has 0 rings (SSSR count). The molecule has 0 heterocycles. The highest BCUT2D eigenvalue weighted by atomic mass is 16.5. The van der Waals surface area contributed by atoms with Crippen LogP contribution in [0.1, 0.15) is 348 Å². The van der Waals surface area contributed by atoms with Crippen LogP contribution in [0.4, 0.5) is 0 Å². The zero-order chi connectivity index (χ0) is 47.9. The van der Waals surface area contributed by atoms with E-state index < -0.39 is 12.1 Å². The number of hydrogen-bond donors (Lipinski definition) is 3. The lowest BCUT2D eigenvalue weighted by atomic mass is 10.0. The van der Waals surface area contributed by atoms with Gasteiger partial charge in [0, 0.05) is 12.8 Å². The van der Waals surface area contributed by atoms with Crippen molar-refractivity contribution in [1.82, 2.24) is 5.32 Å². The number of esters is 1. The molecule has 0 radical (unpaired) electrons. The van der Waals surface area contributed by atoms with E-state index >= 15 is 0 Å². The maximum Gasteiger partial charge on any atom is 0.305 e. The van der Waals surface area contributed by atoms with Crippen molar-refractivity contribution in [2.24, 2.45) is 0 Å². The number of rotatable bonds is 57. The number of amides is 1. The Morgan fingerprint density at radius 1 is 0.364 bits per heavy atom. The highest BCUT2D eigenvalue weighted by Crippen LogP contribution is 2.18. The molecule has 0 aliphatic carbocycles. The van der Waals surface area contributed by atoms with E-state index in [0.717, 1.165) is 38.5 Å². The molecule has 0 aromatic carbocycles. The molecule has 394 valence electrons. The first-order chi connectivity index (χ1) is 32.5. The molecule has 0 saturated carbocycles. The van der Waals surface area contributed by atoms with Crippen LogP contribution >= 0.6 is 0 Å². The van der Waals surface area contributed by atoms with E-state index in [1.165, 1.54) is 276 Å². The van der Waals surface area contributed by atoms with Crippen molar-refractivity contribution in [2.45, 2.75) is 360 Å². The van der Waals surface area contributed by atoms with Gasteiger partial charge < -0.3 is 20.3 Å². The lowest BCUT2D eigenvalue weighted by Gasteiger charge is -2.22. The predicted molar refractivity (Wildman–Crippen MR) is 287 cm³/mol. The van der Waals surface area contributed by atoms with Crippen LogP contribution in [0.5, 0.6) is 0 Å². The van der Waals surface area contributed by atoms with Crippen molar-refractivity contribution in [2.75, 3.05) is 13.2 Å². The summed E-state index contributed by atoms with van der Waals surface area (Å²) in [5, 5.41) is 23.3. The molecule has 0 fully saturated rings. The molecule has 2 atom stereocenters. The van der Waals surface area contributed by atoms with Crippen molar-refractivity contribution in [3.63, 3.8) is 0 Å². The fourth-order valence-electron chi connectivity index (χ4n) is 9.76. The number of hydrogen-bond acceptors (Lipinski definition) is 5. The molecular formula is C60H119NO5. The number of aliphatic hydroxyl groups is 2. The van der Waals surface area contributed by atoms with Gasteiger partial charge in [-0.05, 0) is 25.7 Å². The third-order valence-corrected chi connectivity index (χ3v) is 14.4. The topological polar surface area (TPSA) is 95.9 Å². The lowest BCUT2D eigenvalue weighted by Crippen LogP contribution is -2.45. The van der Waals surface area contributed by atoms with Gasteiger partial charge in [0.25, 0.3) is 0 Å². The molecule has 0 saturated heterocycles. The summed E-state index contributed by atoms with van der Waals surface area (Å²) in [7, 11) is 0. The summed E-state index contributed by atoms with van der Waals surface area (Å²) in [5.41, 5.74) is 0. The van der Waals surface area contributed by atoms with Crippen LogP contribution in [0.2, 0.25) is 0 Å². The van der Waals surface area contributed by atoms with Crippen molar-refractivity contribution >= 4 is 11.9 Å². The fourth-order valence-corrected chi connectivity index (χ4v) is 9.76. The molecule has 3 N–H and O–H groups in total. The van der Waals surface area contributed by atoms with Gasteiger partial charge >= 0.3 is 5.97 Å². The Hall–Kier alpha value is -1.14. The molecular weight excluding hydrogens is 815 g/mol. The smallest absolute Gasteiger partial charge is 0.305 e. The number of unbranched alkanes of at least 4 members (excludes halogenated alkanes) is 46. The Kier molecular flexibility index (Phi) is 55.5. The van der Waals surface area contributed by atoms with Gasteiger partial charge in [-0.1, -0.05) is 309 Å². The van der Waals surface area contributed by atoms with E-state index in [2.05, 4.69) is 19.2 Å². The van der Waals surface area contributed by atoms with Crippen molar-refractivity contribution < 1.29 is 24.5 Å². The van der Waals surface area contributed by atoms with Crippen molar-refractivity contribution in [1.29, 1.82) is 0 Å². The maximum atomic E-state index is 12.5. The molecule has 0 aliphatic heterocycles. The second kappa shape index (κ2) is 56.4. The van der Waals surface area contributed by atoms with Gasteiger partial charge in [-0.25, -0.2) is 0 Å². The van der Waals surface area contributed by atoms with Crippen LogP contribution in [0.25, 0.3) is 0 Å². The van der Waals surface area contributed by atoms with E-state index in [1.54, 1.807) is 0 Å². The van der Waals surface area contributed by atoms with E-state index in [1.807, 2.05) is 0 Å². The summed E-state index contributed by atoms with van der Waals surface area (Å²) in [6, 6.07) is -0.544. The summed E-state index contributed by atoms with van der Waals surface area (Å²) in [6.45, 7) is 4.98. The summed E-state index contributed by atoms with van der Waals surface area (Å²) in [4.78, 5) is 24.5. The normalized spacial score (nSPS) is 12.5. The minimum atomic E-state index is -0.667. The van der Waals surface area contributed by atoms with Gasteiger partial charge in [-0.2, -0.15) is 0 Å². The SMILES string of the molecule is CCCCCCCCCCCCCCCCCCCCCC(O)C(CO)NC(=O)CCCCCCCCCCCCCCCCCCCOC(=O)CCCCCCCCCCCCCCC. The van der Waals surface area contributed by atoms with Crippen LogP contribution in [-0.4, -0.2) is 47.4 Å². The van der Waals surface area contributed by atoms with E-state index in [9.17, 15) is 19.8 Å². The van der Waals surface area contributed by atoms with Crippen LogP contribution in [0.15, 0.2) is 0 Å². The Morgan fingerprint density at radius 3 is 0.924 bits per heavy atom. The van der Waals surface area contributed by atoms with Gasteiger partial charge in [0.1, 0.15) is 0 Å². The highest BCUT2D eigenvalue weighted by molar-refractivity contribution is 5.76. The summed E-state index contributed by atoms with van der Waals surface area (Å²) in [6.07, 6.45) is 65.2. The molecule has 66 heavy (non-hydrogen) atoms. The van der Waals surface area contributed by atoms with Crippen LogP contribution < -0.4 is 5.32 Å². The predicted octanol–water partition coefficient (Wildman–Crippen LogP) is 18.7. The van der Waals surface area contributed by atoms with E-state index in [4.69, 9.17) is 4.74 Å². The average molecular weight is 935 g/mol. The van der Waals surface area contributed by atoms with Crippen LogP contribution in [0, 0.1) is 0 Å². The van der Waals surface area contributed by atoms with Crippen LogP contribution in [-0.2, 0) is 14.3 Å². The molecule has 0 aromatic heterocycles. The summed E-state index contributed by atoms with van der Waals surface area (Å²) in [5.74, 6) is -0.0280. The quantitative estimate of drug-likeness (QED) is 0.0417. The van der Waals surface area contributed by atoms with E-state index in [-0.39, 0.29) is 18.5 Å². The van der Waals surface area contributed by atoms with E-state index in [0.29, 0.717) is 25.9 Å². The maximum absolute atomic E-state index is 12.5. The third kappa shape index (κ3) is 52.2. The van der Waals surface area contributed by atoms with Gasteiger partial charge in [-0.15, -0.1) is 0 Å². The summed E-state index contributed by atoms with van der Waals surface area (Å²) < 4.78 is 5.48. The molecule has 0 spiro atoms. The average Bonchev–Trinajstić information content (AvgIpc) is 3.32. The van der Waals surface area contributed by atoms with Gasteiger partial charge in [-0.3, -0.25) is 9.59 Å². The van der Waals surface area contributed by atoms with Crippen LogP contribution in [0.3, 0.4) is 0 Å². The second-order valence-corrected chi connectivity index (χ2v) is 21.1. The first-order valence-electron chi connectivity index (χ1n) is 30.3. The molecule has 0 aliphatic rings. The number of aliphatic hydroxyl groups excluding tert-OH is 2. The zero-order valence-corrected chi connectivity index (χ0v) is 45.0. The minimum absolute atomic E-state index is 0.00813. The minimum Gasteiger partial charge on any atom is -0.466 e. The molecule has 6 heteroatoms. The third-order valence-electron chi connectivity index (χ3n) is 14.4. The van der Waals surface area contributed by atoms with Gasteiger partial charge in [0.2, 0.25) is 5.91 Å².